The van der Waals surface area contributed by atoms with Crippen molar-refractivity contribution in [3.63, 3.8) is 0 Å². The molecular formula is C17H29N3. The van der Waals surface area contributed by atoms with E-state index in [1.807, 2.05) is 6.20 Å². The highest BCUT2D eigenvalue weighted by Crippen LogP contribution is 2.26. The van der Waals surface area contributed by atoms with Gasteiger partial charge in [-0.2, -0.15) is 0 Å². The fourth-order valence-corrected chi connectivity index (χ4v) is 3.02. The quantitative estimate of drug-likeness (QED) is 0.824. The highest BCUT2D eigenvalue weighted by atomic mass is 15.2. The monoisotopic (exact) mass is 275 g/mol. The molecule has 0 atom stereocenters. The Morgan fingerprint density at radius 2 is 2.05 bits per heavy atom. The van der Waals surface area contributed by atoms with E-state index in [9.17, 15) is 0 Å². The summed E-state index contributed by atoms with van der Waals surface area (Å²) in [6.07, 6.45) is 7.43. The van der Waals surface area contributed by atoms with Crippen molar-refractivity contribution >= 4 is 5.82 Å². The van der Waals surface area contributed by atoms with Crippen LogP contribution in [0.4, 0.5) is 5.82 Å². The van der Waals surface area contributed by atoms with Crippen molar-refractivity contribution in [1.82, 2.24) is 10.3 Å². The van der Waals surface area contributed by atoms with Crippen LogP contribution in [0.15, 0.2) is 18.3 Å². The summed E-state index contributed by atoms with van der Waals surface area (Å²) >= 11 is 0. The van der Waals surface area contributed by atoms with Crippen molar-refractivity contribution < 1.29 is 0 Å². The van der Waals surface area contributed by atoms with Crippen LogP contribution in [0.3, 0.4) is 0 Å². The Balaban J connectivity index is 1.92. The van der Waals surface area contributed by atoms with Gasteiger partial charge in [0.2, 0.25) is 0 Å². The molecule has 1 N–H and O–H groups in total. The molecule has 1 aromatic rings. The molecule has 0 radical (unpaired) electrons. The highest BCUT2D eigenvalue weighted by Gasteiger charge is 2.22. The maximum Gasteiger partial charge on any atom is 0.128 e. The third-order valence-corrected chi connectivity index (χ3v) is 4.09. The summed E-state index contributed by atoms with van der Waals surface area (Å²) in [7, 11) is 0. The zero-order chi connectivity index (χ0) is 14.4. The maximum absolute atomic E-state index is 4.68. The molecule has 3 heteroatoms. The number of nitrogens with zero attached hydrogens (tertiary/aromatic N) is 2. The van der Waals surface area contributed by atoms with Gasteiger partial charge in [0.25, 0.3) is 0 Å². The fraction of sp³-hybridized carbons (Fsp3) is 0.706. The summed E-state index contributed by atoms with van der Waals surface area (Å²) in [5.74, 6) is 1.84. The minimum Gasteiger partial charge on any atom is -0.354 e. The van der Waals surface area contributed by atoms with Crippen LogP contribution in [0.2, 0.25) is 0 Å². The summed E-state index contributed by atoms with van der Waals surface area (Å²) < 4.78 is 0. The third kappa shape index (κ3) is 4.20. The van der Waals surface area contributed by atoms with Crippen molar-refractivity contribution in [2.45, 2.75) is 59.0 Å². The number of aromatic nitrogens is 1. The average Bonchev–Trinajstić information content (AvgIpc) is 2.95. The van der Waals surface area contributed by atoms with Gasteiger partial charge in [-0.3, -0.25) is 0 Å². The summed E-state index contributed by atoms with van der Waals surface area (Å²) in [6.45, 7) is 9.73. The van der Waals surface area contributed by atoms with Crippen LogP contribution in [0, 0.1) is 5.92 Å². The lowest BCUT2D eigenvalue weighted by molar-refractivity contribution is 0.551. The first-order valence-corrected chi connectivity index (χ1v) is 8.13. The molecular weight excluding hydrogens is 246 g/mol. The molecule has 0 amide bonds. The summed E-state index contributed by atoms with van der Waals surface area (Å²) in [5.41, 5.74) is 1.27. The molecule has 2 rings (SSSR count). The molecule has 3 nitrogen and oxygen atoms in total. The highest BCUT2D eigenvalue weighted by molar-refractivity contribution is 5.40. The Kier molecular flexibility index (Phi) is 5.84. The third-order valence-electron chi connectivity index (χ3n) is 4.09. The van der Waals surface area contributed by atoms with Crippen LogP contribution < -0.4 is 10.2 Å². The molecule has 1 heterocycles. The zero-order valence-corrected chi connectivity index (χ0v) is 13.2. The van der Waals surface area contributed by atoms with E-state index in [4.69, 9.17) is 0 Å². The second-order valence-corrected chi connectivity index (χ2v) is 6.27. The first-order chi connectivity index (χ1) is 9.70. The Bertz CT molecular complexity index is 380. The molecule has 0 bridgehead atoms. The molecule has 0 unspecified atom stereocenters. The summed E-state index contributed by atoms with van der Waals surface area (Å²) in [6, 6.07) is 5.11. The van der Waals surface area contributed by atoms with Crippen molar-refractivity contribution in [3.05, 3.63) is 23.9 Å². The number of nitrogens with one attached hydrogen (secondary N) is 1. The number of pyridine rings is 1. The molecule has 1 aromatic heterocycles. The van der Waals surface area contributed by atoms with Gasteiger partial charge in [-0.25, -0.2) is 4.98 Å². The first-order valence-electron chi connectivity index (χ1n) is 8.13. The van der Waals surface area contributed by atoms with Crippen LogP contribution in [0.1, 0.15) is 52.0 Å². The van der Waals surface area contributed by atoms with Gasteiger partial charge in [0.1, 0.15) is 5.82 Å². The lowest BCUT2D eigenvalue weighted by Crippen LogP contribution is -2.33. The Labute approximate surface area is 123 Å². The van der Waals surface area contributed by atoms with E-state index in [0.29, 0.717) is 12.0 Å². The molecule has 1 aliphatic rings. The maximum atomic E-state index is 4.68. The average molecular weight is 275 g/mol. The van der Waals surface area contributed by atoms with E-state index in [-0.39, 0.29) is 0 Å². The predicted octanol–water partition coefficient (Wildman–Crippen LogP) is 3.60. The van der Waals surface area contributed by atoms with Gasteiger partial charge in [-0.05, 0) is 43.9 Å². The van der Waals surface area contributed by atoms with Gasteiger partial charge in [0.05, 0.1) is 0 Å². The van der Waals surface area contributed by atoms with E-state index in [1.54, 1.807) is 0 Å². The number of hydrogen-bond acceptors (Lipinski definition) is 3. The Morgan fingerprint density at radius 1 is 1.30 bits per heavy atom. The molecule has 112 valence electrons. The van der Waals surface area contributed by atoms with E-state index >= 15 is 0 Å². The standard InChI is InChI=1S/C17H29N3/c1-4-20(16-7-5-6-8-16)17-10-9-15(13-19-17)12-18-11-14(2)3/h9-10,13-14,16,18H,4-8,11-12H2,1-3H3. The smallest absolute Gasteiger partial charge is 0.128 e. The van der Waals surface area contributed by atoms with Crippen molar-refractivity contribution in [3.8, 4) is 0 Å². The minimum absolute atomic E-state index is 0.695. The molecule has 0 spiro atoms. The van der Waals surface area contributed by atoms with Crippen molar-refractivity contribution in [1.29, 1.82) is 0 Å². The second-order valence-electron chi connectivity index (χ2n) is 6.27. The Hall–Kier alpha value is -1.09. The second kappa shape index (κ2) is 7.63. The van der Waals surface area contributed by atoms with Gasteiger partial charge in [-0.15, -0.1) is 0 Å². The SMILES string of the molecule is CCN(c1ccc(CNCC(C)C)cn1)C1CCCC1. The van der Waals surface area contributed by atoms with Crippen molar-refractivity contribution in [2.24, 2.45) is 5.92 Å². The lowest BCUT2D eigenvalue weighted by atomic mass is 10.2. The lowest BCUT2D eigenvalue weighted by Gasteiger charge is -2.28. The molecule has 1 saturated carbocycles. The molecule has 1 aliphatic carbocycles. The molecule has 0 aliphatic heterocycles. The van der Waals surface area contributed by atoms with Crippen LogP contribution >= 0.6 is 0 Å². The molecule has 0 saturated heterocycles. The van der Waals surface area contributed by atoms with Gasteiger partial charge in [0, 0.05) is 25.3 Å². The van der Waals surface area contributed by atoms with E-state index in [0.717, 1.165) is 25.5 Å². The normalized spacial score (nSPS) is 16.0. The van der Waals surface area contributed by atoms with E-state index < -0.39 is 0 Å². The molecule has 1 fully saturated rings. The predicted molar refractivity (Wildman–Crippen MR) is 86.1 cm³/mol. The van der Waals surface area contributed by atoms with Crippen LogP contribution in [0.25, 0.3) is 0 Å². The number of anilines is 1. The molecule has 20 heavy (non-hydrogen) atoms. The van der Waals surface area contributed by atoms with E-state index in [1.165, 1.54) is 31.2 Å². The number of rotatable bonds is 7. The van der Waals surface area contributed by atoms with Crippen molar-refractivity contribution in [2.75, 3.05) is 18.0 Å². The largest absolute Gasteiger partial charge is 0.354 e. The van der Waals surface area contributed by atoms with Gasteiger partial charge in [-0.1, -0.05) is 32.8 Å². The summed E-state index contributed by atoms with van der Waals surface area (Å²) in [5, 5.41) is 3.47. The van der Waals surface area contributed by atoms with Crippen LogP contribution in [-0.4, -0.2) is 24.1 Å². The van der Waals surface area contributed by atoms with Gasteiger partial charge < -0.3 is 10.2 Å². The fourth-order valence-electron chi connectivity index (χ4n) is 3.02. The number of hydrogen-bond donors (Lipinski definition) is 1. The van der Waals surface area contributed by atoms with Crippen LogP contribution in [0.5, 0.6) is 0 Å². The molecule has 0 aromatic carbocycles. The van der Waals surface area contributed by atoms with E-state index in [2.05, 4.69) is 48.1 Å². The first kappa shape index (κ1) is 15.3. The topological polar surface area (TPSA) is 28.2 Å². The van der Waals surface area contributed by atoms with Gasteiger partial charge in [0.15, 0.2) is 0 Å². The summed E-state index contributed by atoms with van der Waals surface area (Å²) in [4.78, 5) is 7.15. The van der Waals surface area contributed by atoms with Crippen LogP contribution in [-0.2, 0) is 6.54 Å². The van der Waals surface area contributed by atoms with Gasteiger partial charge >= 0.3 is 0 Å². The zero-order valence-electron chi connectivity index (χ0n) is 13.2. The minimum atomic E-state index is 0.695. The Morgan fingerprint density at radius 3 is 2.60 bits per heavy atom.